The summed E-state index contributed by atoms with van der Waals surface area (Å²) in [5.74, 6) is 1.48. The van der Waals surface area contributed by atoms with Crippen LogP contribution in [0, 0.1) is 12.8 Å². The summed E-state index contributed by atoms with van der Waals surface area (Å²) in [6, 6.07) is 0.740. The second-order valence-electron chi connectivity index (χ2n) is 5.99. The van der Waals surface area contributed by atoms with Crippen molar-refractivity contribution in [1.82, 2.24) is 10.3 Å². The van der Waals surface area contributed by atoms with E-state index in [0.29, 0.717) is 5.92 Å². The first kappa shape index (κ1) is 14.0. The Bertz CT molecular complexity index is 376. The van der Waals surface area contributed by atoms with E-state index in [1.807, 2.05) is 11.3 Å². The smallest absolute Gasteiger partial charge is 0.0933 e. The van der Waals surface area contributed by atoms with E-state index in [1.54, 1.807) is 4.88 Å². The van der Waals surface area contributed by atoms with Gasteiger partial charge in [-0.3, -0.25) is 0 Å². The molecule has 1 aliphatic carbocycles. The summed E-state index contributed by atoms with van der Waals surface area (Å²) in [7, 11) is 2.09. The van der Waals surface area contributed by atoms with Crippen LogP contribution in [0.25, 0.3) is 0 Å². The fourth-order valence-electron chi connectivity index (χ4n) is 2.93. The molecule has 0 atom stereocenters. The average molecular weight is 266 g/mol. The molecular weight excluding hydrogens is 240 g/mol. The monoisotopic (exact) mass is 266 g/mol. The van der Waals surface area contributed by atoms with Crippen LogP contribution in [0.4, 0.5) is 0 Å². The summed E-state index contributed by atoms with van der Waals surface area (Å²) in [6.07, 6.45) is 6.43. The van der Waals surface area contributed by atoms with Gasteiger partial charge in [0.05, 0.1) is 10.7 Å². The predicted molar refractivity (Wildman–Crippen MR) is 79.4 cm³/mol. The summed E-state index contributed by atoms with van der Waals surface area (Å²) in [4.78, 5) is 6.34. The van der Waals surface area contributed by atoms with Crippen LogP contribution in [0.3, 0.4) is 0 Å². The van der Waals surface area contributed by atoms with Gasteiger partial charge in [-0.2, -0.15) is 0 Å². The highest BCUT2D eigenvalue weighted by molar-refractivity contribution is 7.11. The van der Waals surface area contributed by atoms with Crippen LogP contribution >= 0.6 is 11.3 Å². The van der Waals surface area contributed by atoms with E-state index in [0.717, 1.165) is 18.4 Å². The number of thiazole rings is 1. The van der Waals surface area contributed by atoms with Gasteiger partial charge in [0.1, 0.15) is 0 Å². The van der Waals surface area contributed by atoms with Crippen LogP contribution in [-0.4, -0.2) is 18.1 Å². The quantitative estimate of drug-likeness (QED) is 0.894. The van der Waals surface area contributed by atoms with E-state index in [-0.39, 0.29) is 0 Å². The standard InChI is InChI=1S/C15H26N2S/c1-10(2)9-14-17-11(3)15(18-14)12-5-7-13(16-4)8-6-12/h10,12-13,16H,5-9H2,1-4H3. The maximum absolute atomic E-state index is 4.77. The van der Waals surface area contributed by atoms with Crippen molar-refractivity contribution in [2.24, 2.45) is 5.92 Å². The molecule has 18 heavy (non-hydrogen) atoms. The van der Waals surface area contributed by atoms with E-state index in [2.05, 4.69) is 33.1 Å². The van der Waals surface area contributed by atoms with Crippen LogP contribution in [0.5, 0.6) is 0 Å². The van der Waals surface area contributed by atoms with Crippen molar-refractivity contribution in [1.29, 1.82) is 0 Å². The van der Waals surface area contributed by atoms with E-state index in [4.69, 9.17) is 4.98 Å². The van der Waals surface area contributed by atoms with Gasteiger partial charge < -0.3 is 5.32 Å². The van der Waals surface area contributed by atoms with E-state index >= 15 is 0 Å². The van der Waals surface area contributed by atoms with Gasteiger partial charge in [-0.05, 0) is 51.5 Å². The molecular formula is C15H26N2S. The molecule has 1 fully saturated rings. The second kappa shape index (κ2) is 6.16. The molecule has 1 aromatic rings. The van der Waals surface area contributed by atoms with Gasteiger partial charge in [0.15, 0.2) is 0 Å². The molecule has 3 heteroatoms. The van der Waals surface area contributed by atoms with E-state index in [1.165, 1.54) is 36.4 Å². The van der Waals surface area contributed by atoms with Crippen LogP contribution in [0.15, 0.2) is 0 Å². The molecule has 0 amide bonds. The van der Waals surface area contributed by atoms with Crippen LogP contribution in [0.2, 0.25) is 0 Å². The van der Waals surface area contributed by atoms with Crippen LogP contribution in [-0.2, 0) is 6.42 Å². The summed E-state index contributed by atoms with van der Waals surface area (Å²) in [5, 5.41) is 4.75. The Labute approximate surface area is 115 Å². The average Bonchev–Trinajstić information content (AvgIpc) is 2.69. The Hall–Kier alpha value is -0.410. The minimum Gasteiger partial charge on any atom is -0.317 e. The second-order valence-corrected chi connectivity index (χ2v) is 7.11. The third-order valence-electron chi connectivity index (χ3n) is 3.97. The molecule has 0 bridgehead atoms. The Morgan fingerprint density at radius 1 is 1.28 bits per heavy atom. The molecule has 0 aliphatic heterocycles. The Morgan fingerprint density at radius 2 is 1.94 bits per heavy atom. The number of hydrogen-bond donors (Lipinski definition) is 1. The molecule has 0 aromatic carbocycles. The van der Waals surface area contributed by atoms with Crippen molar-refractivity contribution < 1.29 is 0 Å². The van der Waals surface area contributed by atoms with Crippen molar-refractivity contribution in [2.45, 2.75) is 64.8 Å². The Kier molecular flexibility index (Phi) is 4.79. The lowest BCUT2D eigenvalue weighted by Gasteiger charge is -2.27. The highest BCUT2D eigenvalue weighted by Gasteiger charge is 2.24. The fourth-order valence-corrected chi connectivity index (χ4v) is 4.37. The molecule has 1 aliphatic rings. The predicted octanol–water partition coefficient (Wildman–Crippen LogP) is 3.90. The zero-order valence-corrected chi connectivity index (χ0v) is 12.9. The largest absolute Gasteiger partial charge is 0.317 e. The van der Waals surface area contributed by atoms with E-state index < -0.39 is 0 Å². The molecule has 2 rings (SSSR count). The number of hydrogen-bond acceptors (Lipinski definition) is 3. The zero-order chi connectivity index (χ0) is 13.1. The molecule has 0 radical (unpaired) electrons. The van der Waals surface area contributed by atoms with Gasteiger partial charge in [0, 0.05) is 17.3 Å². The van der Waals surface area contributed by atoms with Crippen molar-refractivity contribution in [2.75, 3.05) is 7.05 Å². The molecule has 1 saturated carbocycles. The minimum atomic E-state index is 0.712. The molecule has 102 valence electrons. The van der Waals surface area contributed by atoms with Crippen LogP contribution < -0.4 is 5.32 Å². The molecule has 1 aromatic heterocycles. The third-order valence-corrected chi connectivity index (χ3v) is 5.31. The first-order chi connectivity index (χ1) is 8.60. The maximum atomic E-state index is 4.77. The highest BCUT2D eigenvalue weighted by atomic mass is 32.1. The number of nitrogens with zero attached hydrogens (tertiary/aromatic N) is 1. The summed E-state index contributed by atoms with van der Waals surface area (Å²) in [5.41, 5.74) is 1.29. The molecule has 0 saturated heterocycles. The van der Waals surface area contributed by atoms with Gasteiger partial charge in [-0.1, -0.05) is 13.8 Å². The summed E-state index contributed by atoms with van der Waals surface area (Å²) >= 11 is 1.97. The first-order valence-electron chi connectivity index (χ1n) is 7.23. The maximum Gasteiger partial charge on any atom is 0.0933 e. The number of aryl methyl sites for hydroxylation is 1. The fraction of sp³-hybridized carbons (Fsp3) is 0.800. The summed E-state index contributed by atoms with van der Waals surface area (Å²) in [6.45, 7) is 6.74. The highest BCUT2D eigenvalue weighted by Crippen LogP contribution is 2.37. The van der Waals surface area contributed by atoms with Crippen molar-refractivity contribution in [3.63, 3.8) is 0 Å². The molecule has 1 heterocycles. The van der Waals surface area contributed by atoms with Crippen LogP contribution in [0.1, 0.15) is 61.0 Å². The van der Waals surface area contributed by atoms with Gasteiger partial charge in [-0.25, -0.2) is 4.98 Å². The number of aromatic nitrogens is 1. The molecule has 2 nitrogen and oxygen atoms in total. The molecule has 1 N–H and O–H groups in total. The Morgan fingerprint density at radius 3 is 2.50 bits per heavy atom. The zero-order valence-electron chi connectivity index (χ0n) is 12.1. The van der Waals surface area contributed by atoms with Gasteiger partial charge in [-0.15, -0.1) is 11.3 Å². The van der Waals surface area contributed by atoms with Gasteiger partial charge >= 0.3 is 0 Å². The number of nitrogens with one attached hydrogen (secondary N) is 1. The van der Waals surface area contributed by atoms with Crippen molar-refractivity contribution >= 4 is 11.3 Å². The van der Waals surface area contributed by atoms with Gasteiger partial charge in [0.2, 0.25) is 0 Å². The number of rotatable bonds is 4. The molecule has 0 spiro atoms. The third kappa shape index (κ3) is 3.33. The first-order valence-corrected chi connectivity index (χ1v) is 8.05. The molecule has 0 unspecified atom stereocenters. The summed E-state index contributed by atoms with van der Waals surface area (Å²) < 4.78 is 0. The minimum absolute atomic E-state index is 0.712. The lowest BCUT2D eigenvalue weighted by molar-refractivity contribution is 0.360. The topological polar surface area (TPSA) is 24.9 Å². The van der Waals surface area contributed by atoms with Crippen molar-refractivity contribution in [3.05, 3.63) is 15.6 Å². The lowest BCUT2D eigenvalue weighted by Crippen LogP contribution is -2.29. The van der Waals surface area contributed by atoms with E-state index in [9.17, 15) is 0 Å². The lowest BCUT2D eigenvalue weighted by atomic mass is 9.85. The SMILES string of the molecule is CNC1CCC(c2sc(CC(C)C)nc2C)CC1. The van der Waals surface area contributed by atoms with Gasteiger partial charge in [0.25, 0.3) is 0 Å². The Balaban J connectivity index is 2.02. The normalized spacial score (nSPS) is 24.7. The van der Waals surface area contributed by atoms with Crippen molar-refractivity contribution in [3.8, 4) is 0 Å².